The molecule has 0 aliphatic carbocycles. The van der Waals surface area contributed by atoms with E-state index in [4.69, 9.17) is 16.3 Å². The number of nitrogens with one attached hydrogen (secondary N) is 2. The third-order valence-corrected chi connectivity index (χ3v) is 5.90. The first-order chi connectivity index (χ1) is 18.5. The number of hydrogen-bond acceptors (Lipinski definition) is 8. The summed E-state index contributed by atoms with van der Waals surface area (Å²) < 4.78 is 19.4. The highest BCUT2D eigenvalue weighted by Crippen LogP contribution is 2.26. The molecule has 39 heavy (non-hydrogen) atoms. The first-order valence-electron chi connectivity index (χ1n) is 12.2. The molecule has 3 rings (SSSR count). The normalized spacial score (nSPS) is 12.0. The van der Waals surface area contributed by atoms with Crippen LogP contribution in [-0.4, -0.2) is 82.8 Å². The van der Waals surface area contributed by atoms with Crippen LogP contribution in [0.3, 0.4) is 0 Å². The fourth-order valence-electron chi connectivity index (χ4n) is 3.63. The molecule has 0 bridgehead atoms. The molecule has 3 aromatic rings. The van der Waals surface area contributed by atoms with Crippen molar-refractivity contribution in [3.63, 3.8) is 0 Å². The Bertz CT molecular complexity index is 1300. The van der Waals surface area contributed by atoms with Crippen LogP contribution in [0.4, 0.5) is 4.39 Å². The standard InChI is InChI=1S/C27H31ClFN5O5/c1-17(35)23-14-24(31-30-23)26(37)32-34(16-25(36)27(38)39-12-4-11-33(2)3)15-18-5-7-19(8-6-18)21-13-20(28)9-10-22(21)29/h5-10,13-14,25,36H,4,11-12,15-16H2,1-3H3,(H,30,31)(H,32,37)/t25-/m1/s1. The molecule has 12 heteroatoms. The molecule has 0 saturated heterocycles. The molecule has 1 aromatic heterocycles. The van der Waals surface area contributed by atoms with Crippen LogP contribution in [-0.2, 0) is 16.1 Å². The minimum atomic E-state index is -1.54. The van der Waals surface area contributed by atoms with Crippen molar-refractivity contribution in [3.05, 3.63) is 76.3 Å². The smallest absolute Gasteiger partial charge is 0.336 e. The van der Waals surface area contributed by atoms with Gasteiger partial charge in [-0.25, -0.2) is 14.2 Å². The van der Waals surface area contributed by atoms with Gasteiger partial charge in [0, 0.05) is 30.6 Å². The molecule has 10 nitrogen and oxygen atoms in total. The Morgan fingerprint density at radius 2 is 1.87 bits per heavy atom. The van der Waals surface area contributed by atoms with Gasteiger partial charge in [-0.1, -0.05) is 35.9 Å². The van der Waals surface area contributed by atoms with E-state index >= 15 is 0 Å². The van der Waals surface area contributed by atoms with Crippen molar-refractivity contribution in [1.29, 1.82) is 0 Å². The van der Waals surface area contributed by atoms with E-state index in [0.29, 0.717) is 34.7 Å². The highest BCUT2D eigenvalue weighted by molar-refractivity contribution is 6.30. The first-order valence-corrected chi connectivity index (χ1v) is 12.6. The number of benzene rings is 2. The highest BCUT2D eigenvalue weighted by atomic mass is 35.5. The number of aromatic nitrogens is 2. The van der Waals surface area contributed by atoms with E-state index in [9.17, 15) is 23.9 Å². The first kappa shape index (κ1) is 29.9. The average Bonchev–Trinajstić information content (AvgIpc) is 3.39. The molecule has 0 spiro atoms. The summed E-state index contributed by atoms with van der Waals surface area (Å²) in [6, 6.07) is 12.4. The third-order valence-electron chi connectivity index (χ3n) is 5.67. The minimum absolute atomic E-state index is 0.0257. The maximum Gasteiger partial charge on any atom is 0.336 e. The number of ketones is 1. The van der Waals surface area contributed by atoms with Gasteiger partial charge in [-0.05, 0) is 55.9 Å². The molecule has 2 aromatic carbocycles. The van der Waals surface area contributed by atoms with Crippen LogP contribution >= 0.6 is 11.6 Å². The Kier molecular flexibility index (Phi) is 10.7. The lowest BCUT2D eigenvalue weighted by atomic mass is 10.0. The van der Waals surface area contributed by atoms with Crippen LogP contribution in [0.2, 0.25) is 5.02 Å². The zero-order valence-corrected chi connectivity index (χ0v) is 22.7. The van der Waals surface area contributed by atoms with Crippen molar-refractivity contribution in [3.8, 4) is 11.1 Å². The van der Waals surface area contributed by atoms with Gasteiger partial charge < -0.3 is 14.7 Å². The maximum absolute atomic E-state index is 14.3. The number of carbonyl (C=O) groups is 3. The van der Waals surface area contributed by atoms with Gasteiger partial charge in [-0.2, -0.15) is 5.10 Å². The molecule has 0 aliphatic heterocycles. The molecule has 0 aliphatic rings. The number of aliphatic hydroxyl groups is 1. The van der Waals surface area contributed by atoms with Crippen LogP contribution in [0.1, 0.15) is 39.9 Å². The lowest BCUT2D eigenvalue weighted by molar-refractivity contribution is -0.155. The van der Waals surface area contributed by atoms with Gasteiger partial charge in [0.25, 0.3) is 5.91 Å². The van der Waals surface area contributed by atoms with E-state index in [1.54, 1.807) is 24.3 Å². The summed E-state index contributed by atoms with van der Waals surface area (Å²) in [6.07, 6.45) is -0.942. The molecule has 0 fully saturated rings. The number of ether oxygens (including phenoxy) is 1. The zero-order valence-electron chi connectivity index (χ0n) is 21.9. The van der Waals surface area contributed by atoms with Crippen LogP contribution < -0.4 is 5.43 Å². The van der Waals surface area contributed by atoms with Gasteiger partial charge in [-0.3, -0.25) is 20.1 Å². The predicted octanol–water partition coefficient (Wildman–Crippen LogP) is 3.07. The average molecular weight is 560 g/mol. The number of rotatable bonds is 13. The van der Waals surface area contributed by atoms with Crippen molar-refractivity contribution >= 4 is 29.3 Å². The summed E-state index contributed by atoms with van der Waals surface area (Å²) in [5, 5.41) is 18.5. The summed E-state index contributed by atoms with van der Waals surface area (Å²) in [4.78, 5) is 38.7. The zero-order chi connectivity index (χ0) is 28.5. The molecule has 1 atom stereocenters. The second kappa shape index (κ2) is 13.9. The number of hydrazine groups is 1. The Morgan fingerprint density at radius 1 is 1.15 bits per heavy atom. The van der Waals surface area contributed by atoms with Crippen LogP contribution in [0, 0.1) is 5.82 Å². The Labute approximate surface area is 230 Å². The predicted molar refractivity (Wildman–Crippen MR) is 143 cm³/mol. The molecule has 1 amide bonds. The van der Waals surface area contributed by atoms with Crippen LogP contribution in [0.5, 0.6) is 0 Å². The fraction of sp³-hybridized carbons (Fsp3) is 0.333. The van der Waals surface area contributed by atoms with E-state index in [-0.39, 0.29) is 36.9 Å². The highest BCUT2D eigenvalue weighted by Gasteiger charge is 2.23. The van der Waals surface area contributed by atoms with Gasteiger partial charge in [0.1, 0.15) is 17.2 Å². The number of amides is 1. The molecular weight excluding hydrogens is 529 g/mol. The van der Waals surface area contributed by atoms with E-state index in [2.05, 4.69) is 15.6 Å². The Hall–Kier alpha value is -3.64. The van der Waals surface area contributed by atoms with Crippen molar-refractivity contribution < 1.29 is 28.6 Å². The molecule has 0 unspecified atom stereocenters. The van der Waals surface area contributed by atoms with Crippen molar-refractivity contribution in [2.75, 3.05) is 33.8 Å². The summed E-state index contributed by atoms with van der Waals surface area (Å²) in [6.45, 7) is 1.99. The molecule has 208 valence electrons. The number of esters is 1. The summed E-state index contributed by atoms with van der Waals surface area (Å²) >= 11 is 6.01. The monoisotopic (exact) mass is 559 g/mol. The second-order valence-electron chi connectivity index (χ2n) is 9.21. The quantitative estimate of drug-likeness (QED) is 0.126. The number of aliphatic hydroxyl groups excluding tert-OH is 1. The van der Waals surface area contributed by atoms with Crippen LogP contribution in [0.15, 0.2) is 48.5 Å². The van der Waals surface area contributed by atoms with Crippen molar-refractivity contribution in [1.82, 2.24) is 25.5 Å². The SMILES string of the molecule is CC(=O)c1cc(C(=O)NN(Cc2ccc(-c3cc(Cl)ccc3F)cc2)C[C@@H](O)C(=O)OCCCN(C)C)[nH]n1. The van der Waals surface area contributed by atoms with Crippen LogP contribution in [0.25, 0.3) is 11.1 Å². The number of H-pyrrole nitrogens is 1. The Morgan fingerprint density at radius 3 is 2.51 bits per heavy atom. The van der Waals surface area contributed by atoms with Crippen molar-refractivity contribution in [2.24, 2.45) is 0 Å². The number of Topliss-reactive ketones (excluding diaryl/α,β-unsaturated/α-hetero) is 1. The van der Waals surface area contributed by atoms with Gasteiger partial charge in [0.15, 0.2) is 11.9 Å². The molecule has 1 heterocycles. The minimum Gasteiger partial charge on any atom is -0.464 e. The summed E-state index contributed by atoms with van der Waals surface area (Å²) in [7, 11) is 3.79. The lowest BCUT2D eigenvalue weighted by Crippen LogP contribution is -2.47. The number of carbonyl (C=O) groups excluding carboxylic acids is 3. The number of hydrogen-bond donors (Lipinski definition) is 3. The number of nitrogens with zero attached hydrogens (tertiary/aromatic N) is 3. The lowest BCUT2D eigenvalue weighted by Gasteiger charge is -2.25. The largest absolute Gasteiger partial charge is 0.464 e. The van der Waals surface area contributed by atoms with Crippen molar-refractivity contribution in [2.45, 2.75) is 26.0 Å². The summed E-state index contributed by atoms with van der Waals surface area (Å²) in [5.41, 5.74) is 4.38. The second-order valence-corrected chi connectivity index (χ2v) is 9.64. The number of halogens is 2. The van der Waals surface area contributed by atoms with Gasteiger partial charge in [0.05, 0.1) is 13.2 Å². The van der Waals surface area contributed by atoms with E-state index in [1.165, 1.54) is 36.2 Å². The number of aromatic amines is 1. The van der Waals surface area contributed by atoms with Gasteiger partial charge in [-0.15, -0.1) is 0 Å². The van der Waals surface area contributed by atoms with E-state index in [1.807, 2.05) is 19.0 Å². The topological polar surface area (TPSA) is 128 Å². The third kappa shape index (κ3) is 8.96. The van der Waals surface area contributed by atoms with Gasteiger partial charge >= 0.3 is 5.97 Å². The molecule has 3 N–H and O–H groups in total. The fourth-order valence-corrected chi connectivity index (χ4v) is 3.81. The molecule has 0 saturated carbocycles. The molecule has 0 radical (unpaired) electrons. The van der Waals surface area contributed by atoms with E-state index < -0.39 is 23.8 Å². The van der Waals surface area contributed by atoms with E-state index in [0.717, 1.165) is 0 Å². The maximum atomic E-state index is 14.3. The molecular formula is C27H31ClFN5O5. The summed E-state index contributed by atoms with van der Waals surface area (Å²) in [5.74, 6) is -2.18. The Balaban J connectivity index is 1.73. The van der Waals surface area contributed by atoms with Gasteiger partial charge in [0.2, 0.25) is 0 Å².